The van der Waals surface area contributed by atoms with Crippen LogP contribution in [0.1, 0.15) is 48.7 Å². The van der Waals surface area contributed by atoms with Crippen molar-refractivity contribution in [3.05, 3.63) is 75.8 Å². The molecule has 174 valence electrons. The van der Waals surface area contributed by atoms with Gasteiger partial charge < -0.3 is 15.1 Å². The van der Waals surface area contributed by atoms with Crippen molar-refractivity contribution in [2.75, 3.05) is 11.4 Å². The van der Waals surface area contributed by atoms with Gasteiger partial charge in [0.25, 0.3) is 11.8 Å². The summed E-state index contributed by atoms with van der Waals surface area (Å²) in [5.74, 6) is -0.939. The van der Waals surface area contributed by atoms with Gasteiger partial charge in [0.2, 0.25) is 5.91 Å². The molecule has 3 rings (SSSR count). The van der Waals surface area contributed by atoms with E-state index < -0.39 is 23.4 Å². The molecule has 2 aromatic heterocycles. The summed E-state index contributed by atoms with van der Waals surface area (Å²) in [4.78, 5) is 41.1. The first-order valence-electron chi connectivity index (χ1n) is 10.5. The molecule has 0 aliphatic rings. The van der Waals surface area contributed by atoms with Gasteiger partial charge in [0.05, 0.1) is 17.7 Å². The molecule has 3 aromatic rings. The summed E-state index contributed by atoms with van der Waals surface area (Å²) in [5.41, 5.74) is -0.0510. The molecule has 0 aliphatic heterocycles. The lowest BCUT2D eigenvalue weighted by Crippen LogP contribution is -2.52. The maximum atomic E-state index is 13.5. The Morgan fingerprint density at radius 3 is 2.42 bits per heavy atom. The minimum atomic E-state index is -1.09. The normalized spacial score (nSPS) is 12.1. The van der Waals surface area contributed by atoms with Gasteiger partial charge in [0.1, 0.15) is 5.76 Å². The second-order valence-electron chi connectivity index (χ2n) is 8.04. The number of hydrogen-bond donors (Lipinski definition) is 2. The van der Waals surface area contributed by atoms with Crippen LogP contribution in [0.25, 0.3) is 0 Å². The Kier molecular flexibility index (Phi) is 7.94. The number of hydrogen-bond acceptors (Lipinski definition) is 5. The predicted molar refractivity (Wildman–Crippen MR) is 130 cm³/mol. The molecule has 0 unspecified atom stereocenters. The van der Waals surface area contributed by atoms with Crippen LogP contribution in [0.3, 0.4) is 0 Å². The standard InChI is InChI=1S/C24H26ClN3O4S/c1-4-24(2,3)27-23(31)21(18-7-5-13-32-18)28(17-11-9-16(25)10-12-17)20(29)15-26-22(30)19-8-6-14-33-19/h5-14,21H,4,15H2,1-3H3,(H,26,30)(H,27,31)/t21-/m1/s1. The maximum Gasteiger partial charge on any atom is 0.261 e. The number of anilines is 1. The predicted octanol–water partition coefficient (Wildman–Crippen LogP) is 4.80. The minimum Gasteiger partial charge on any atom is -0.467 e. The van der Waals surface area contributed by atoms with Gasteiger partial charge in [-0.15, -0.1) is 11.3 Å². The van der Waals surface area contributed by atoms with Crippen LogP contribution in [0.15, 0.2) is 64.6 Å². The lowest BCUT2D eigenvalue weighted by atomic mass is 10.0. The summed E-state index contributed by atoms with van der Waals surface area (Å²) in [7, 11) is 0. The lowest BCUT2D eigenvalue weighted by Gasteiger charge is -2.33. The van der Waals surface area contributed by atoms with Crippen LogP contribution in [0.5, 0.6) is 0 Å². The number of thiophene rings is 1. The molecule has 1 aromatic carbocycles. The van der Waals surface area contributed by atoms with Crippen molar-refractivity contribution in [2.24, 2.45) is 0 Å². The lowest BCUT2D eigenvalue weighted by molar-refractivity contribution is -0.128. The van der Waals surface area contributed by atoms with Crippen molar-refractivity contribution < 1.29 is 18.8 Å². The zero-order valence-corrected chi connectivity index (χ0v) is 20.2. The van der Waals surface area contributed by atoms with Crippen molar-refractivity contribution in [1.82, 2.24) is 10.6 Å². The molecule has 1 atom stereocenters. The molecule has 0 saturated heterocycles. The fraction of sp³-hybridized carbons (Fsp3) is 0.292. The van der Waals surface area contributed by atoms with E-state index in [1.165, 1.54) is 22.5 Å². The largest absolute Gasteiger partial charge is 0.467 e. The Bertz CT molecular complexity index is 1080. The molecule has 2 heterocycles. The van der Waals surface area contributed by atoms with Gasteiger partial charge in [0.15, 0.2) is 6.04 Å². The summed E-state index contributed by atoms with van der Waals surface area (Å²) in [6.45, 7) is 5.46. The Morgan fingerprint density at radius 1 is 1.12 bits per heavy atom. The molecule has 0 spiro atoms. The van der Waals surface area contributed by atoms with E-state index in [1.807, 2.05) is 20.8 Å². The number of amides is 3. The van der Waals surface area contributed by atoms with Crippen molar-refractivity contribution in [3.8, 4) is 0 Å². The van der Waals surface area contributed by atoms with Crippen LogP contribution in [0.2, 0.25) is 5.02 Å². The molecular weight excluding hydrogens is 462 g/mol. The molecule has 0 fully saturated rings. The van der Waals surface area contributed by atoms with Crippen LogP contribution < -0.4 is 15.5 Å². The second kappa shape index (κ2) is 10.7. The van der Waals surface area contributed by atoms with Crippen molar-refractivity contribution in [3.63, 3.8) is 0 Å². The first-order chi connectivity index (χ1) is 15.7. The van der Waals surface area contributed by atoms with Gasteiger partial charge in [-0.25, -0.2) is 0 Å². The smallest absolute Gasteiger partial charge is 0.261 e. The summed E-state index contributed by atoms with van der Waals surface area (Å²) < 4.78 is 5.56. The molecule has 0 aliphatic carbocycles. The first-order valence-corrected chi connectivity index (χ1v) is 11.7. The number of benzene rings is 1. The molecule has 0 bridgehead atoms. The summed E-state index contributed by atoms with van der Waals surface area (Å²) in [6.07, 6.45) is 2.14. The fourth-order valence-electron chi connectivity index (χ4n) is 3.09. The van der Waals surface area contributed by atoms with Crippen LogP contribution in [0.4, 0.5) is 5.69 Å². The third kappa shape index (κ3) is 6.24. The van der Waals surface area contributed by atoms with Gasteiger partial charge in [-0.2, -0.15) is 0 Å². The van der Waals surface area contributed by atoms with E-state index in [0.29, 0.717) is 27.8 Å². The second-order valence-corrected chi connectivity index (χ2v) is 9.43. The van der Waals surface area contributed by atoms with E-state index >= 15 is 0 Å². The summed E-state index contributed by atoms with van der Waals surface area (Å²) >= 11 is 7.32. The molecule has 3 amide bonds. The summed E-state index contributed by atoms with van der Waals surface area (Å²) in [5, 5.41) is 7.90. The van der Waals surface area contributed by atoms with Crippen LogP contribution in [-0.4, -0.2) is 29.8 Å². The quantitative estimate of drug-likeness (QED) is 0.453. The maximum absolute atomic E-state index is 13.5. The van der Waals surface area contributed by atoms with Gasteiger partial charge in [-0.1, -0.05) is 24.6 Å². The highest BCUT2D eigenvalue weighted by molar-refractivity contribution is 7.12. The minimum absolute atomic E-state index is 0.298. The van der Waals surface area contributed by atoms with Crippen LogP contribution in [0, 0.1) is 0 Å². The fourth-order valence-corrected chi connectivity index (χ4v) is 3.85. The van der Waals surface area contributed by atoms with E-state index in [2.05, 4.69) is 10.6 Å². The SMILES string of the molecule is CCC(C)(C)NC(=O)[C@@H](c1ccco1)N(C(=O)CNC(=O)c1cccs1)c1ccc(Cl)cc1. The van der Waals surface area contributed by atoms with E-state index in [1.54, 1.807) is 53.9 Å². The van der Waals surface area contributed by atoms with Gasteiger partial charge >= 0.3 is 0 Å². The zero-order chi connectivity index (χ0) is 24.0. The van der Waals surface area contributed by atoms with Crippen LogP contribution >= 0.6 is 22.9 Å². The van der Waals surface area contributed by atoms with Crippen molar-refractivity contribution >= 4 is 46.3 Å². The molecule has 7 nitrogen and oxygen atoms in total. The Morgan fingerprint density at radius 2 is 1.85 bits per heavy atom. The zero-order valence-electron chi connectivity index (χ0n) is 18.6. The Balaban J connectivity index is 1.96. The molecule has 0 saturated carbocycles. The topological polar surface area (TPSA) is 91.7 Å². The van der Waals surface area contributed by atoms with E-state index in [0.717, 1.165) is 0 Å². The van der Waals surface area contributed by atoms with E-state index in [-0.39, 0.29) is 12.5 Å². The number of nitrogens with one attached hydrogen (secondary N) is 2. The number of carbonyl (C=O) groups is 3. The van der Waals surface area contributed by atoms with E-state index in [9.17, 15) is 14.4 Å². The van der Waals surface area contributed by atoms with Gasteiger partial charge in [-0.3, -0.25) is 19.3 Å². The molecule has 33 heavy (non-hydrogen) atoms. The highest BCUT2D eigenvalue weighted by atomic mass is 35.5. The Hall–Kier alpha value is -3.10. The molecule has 9 heteroatoms. The third-order valence-electron chi connectivity index (χ3n) is 5.18. The van der Waals surface area contributed by atoms with E-state index in [4.69, 9.17) is 16.0 Å². The first kappa shape index (κ1) is 24.5. The average molecular weight is 488 g/mol. The molecular formula is C24H26ClN3O4S. The molecule has 0 radical (unpaired) electrons. The number of halogens is 1. The third-order valence-corrected chi connectivity index (χ3v) is 6.30. The van der Waals surface area contributed by atoms with Crippen molar-refractivity contribution in [1.29, 1.82) is 0 Å². The number of rotatable bonds is 9. The van der Waals surface area contributed by atoms with Gasteiger partial charge in [-0.05, 0) is 68.1 Å². The Labute approximate surface area is 201 Å². The molecule has 2 N–H and O–H groups in total. The highest BCUT2D eigenvalue weighted by Gasteiger charge is 2.36. The van der Waals surface area contributed by atoms with Crippen molar-refractivity contribution in [2.45, 2.75) is 38.8 Å². The average Bonchev–Trinajstić information content (AvgIpc) is 3.50. The van der Waals surface area contributed by atoms with Crippen LogP contribution in [-0.2, 0) is 9.59 Å². The number of furan rings is 1. The highest BCUT2D eigenvalue weighted by Crippen LogP contribution is 2.30. The number of nitrogens with zero attached hydrogens (tertiary/aromatic N) is 1. The van der Waals surface area contributed by atoms with Gasteiger partial charge in [0, 0.05) is 16.2 Å². The number of carbonyl (C=O) groups excluding carboxylic acids is 3. The summed E-state index contributed by atoms with van der Waals surface area (Å²) in [6, 6.07) is 12.2. The monoisotopic (exact) mass is 487 g/mol.